The molecule has 0 saturated carbocycles. The standard InChI is InChI=1S/C31H25F3N8O/c1-18(19-6-4-7-22(13-19)31(32,33)34)38-30-40-25(23-8-3-2-5-21(23)16-43)15-28(41-30)42-17-37-26-14-20(9-10-27(26)42)24-11-12-36-29(35)39-24/h2-15,17-18,43H,16H2,1H3,(H2,35,36,39)(H,38,40,41)/t18-/m0/s1. The van der Waals surface area contributed by atoms with E-state index in [1.54, 1.807) is 48.3 Å². The van der Waals surface area contributed by atoms with Crippen molar-refractivity contribution in [2.45, 2.75) is 25.7 Å². The number of hydrogen-bond acceptors (Lipinski definition) is 8. The van der Waals surface area contributed by atoms with Gasteiger partial charge in [-0.15, -0.1) is 0 Å². The van der Waals surface area contributed by atoms with Crippen molar-refractivity contribution in [3.63, 3.8) is 0 Å². The van der Waals surface area contributed by atoms with E-state index in [1.807, 2.05) is 36.4 Å². The molecule has 216 valence electrons. The third-order valence-corrected chi connectivity index (χ3v) is 7.00. The van der Waals surface area contributed by atoms with Crippen LogP contribution in [0.4, 0.5) is 25.1 Å². The fourth-order valence-electron chi connectivity index (χ4n) is 4.82. The molecule has 0 aliphatic heterocycles. The van der Waals surface area contributed by atoms with Crippen LogP contribution in [0.3, 0.4) is 0 Å². The molecule has 4 N–H and O–H groups in total. The Labute approximate surface area is 243 Å². The Morgan fingerprint density at radius 2 is 1.74 bits per heavy atom. The number of nitrogens with zero attached hydrogens (tertiary/aromatic N) is 6. The molecule has 12 heteroatoms. The van der Waals surface area contributed by atoms with Crippen LogP contribution in [0.25, 0.3) is 39.4 Å². The lowest BCUT2D eigenvalue weighted by molar-refractivity contribution is -0.137. The third kappa shape index (κ3) is 5.72. The number of alkyl halides is 3. The molecule has 3 heterocycles. The van der Waals surface area contributed by atoms with Crippen molar-refractivity contribution in [1.82, 2.24) is 29.5 Å². The molecule has 43 heavy (non-hydrogen) atoms. The summed E-state index contributed by atoms with van der Waals surface area (Å²) in [5.41, 5.74) is 10.2. The first-order valence-electron chi connectivity index (χ1n) is 13.3. The van der Waals surface area contributed by atoms with Gasteiger partial charge >= 0.3 is 6.18 Å². The zero-order valence-electron chi connectivity index (χ0n) is 22.8. The monoisotopic (exact) mass is 582 g/mol. The summed E-state index contributed by atoms with van der Waals surface area (Å²) in [5, 5.41) is 13.1. The number of hydrogen-bond donors (Lipinski definition) is 3. The highest BCUT2D eigenvalue weighted by Crippen LogP contribution is 2.32. The second kappa shape index (κ2) is 11.1. The number of aliphatic hydroxyl groups is 1. The van der Waals surface area contributed by atoms with Crippen LogP contribution in [0.15, 0.2) is 91.4 Å². The smallest absolute Gasteiger partial charge is 0.392 e. The molecule has 0 spiro atoms. The quantitative estimate of drug-likeness (QED) is 0.203. The van der Waals surface area contributed by atoms with Crippen molar-refractivity contribution in [2.24, 2.45) is 0 Å². The number of rotatable bonds is 7. The molecule has 0 fully saturated rings. The lowest BCUT2D eigenvalue weighted by Crippen LogP contribution is -2.13. The normalized spacial score (nSPS) is 12.4. The van der Waals surface area contributed by atoms with Crippen molar-refractivity contribution in [3.05, 3.63) is 108 Å². The zero-order valence-corrected chi connectivity index (χ0v) is 22.8. The Bertz CT molecular complexity index is 1940. The van der Waals surface area contributed by atoms with E-state index in [2.05, 4.69) is 25.3 Å². The average Bonchev–Trinajstić information content (AvgIpc) is 3.44. The summed E-state index contributed by atoms with van der Waals surface area (Å²) < 4.78 is 41.9. The number of anilines is 2. The van der Waals surface area contributed by atoms with E-state index in [-0.39, 0.29) is 18.5 Å². The predicted molar refractivity (Wildman–Crippen MR) is 157 cm³/mol. The SMILES string of the molecule is C[C@H](Nc1nc(-c2ccccc2CO)cc(-n2cnc3cc(-c4ccnc(N)n4)ccc32)n1)c1cccc(C(F)(F)F)c1. The van der Waals surface area contributed by atoms with Gasteiger partial charge < -0.3 is 16.2 Å². The molecule has 3 aromatic heterocycles. The van der Waals surface area contributed by atoms with Crippen LogP contribution in [0.2, 0.25) is 0 Å². The summed E-state index contributed by atoms with van der Waals surface area (Å²) in [5.74, 6) is 0.831. The number of nitrogens with one attached hydrogen (secondary N) is 1. The van der Waals surface area contributed by atoms with Crippen molar-refractivity contribution < 1.29 is 18.3 Å². The Hall–Kier alpha value is -5.36. The first kappa shape index (κ1) is 27.8. The molecule has 0 unspecified atom stereocenters. The molecular formula is C31H25F3N8O. The van der Waals surface area contributed by atoms with E-state index in [1.165, 1.54) is 6.07 Å². The topological polar surface area (TPSA) is 128 Å². The number of nitrogen functional groups attached to an aromatic ring is 1. The zero-order chi connectivity index (χ0) is 30.1. The molecule has 0 aliphatic carbocycles. The van der Waals surface area contributed by atoms with Crippen molar-refractivity contribution in [2.75, 3.05) is 11.1 Å². The average molecular weight is 583 g/mol. The van der Waals surface area contributed by atoms with E-state index < -0.39 is 17.8 Å². The van der Waals surface area contributed by atoms with Gasteiger partial charge in [-0.3, -0.25) is 4.57 Å². The fraction of sp³-hybridized carbons (Fsp3) is 0.129. The first-order chi connectivity index (χ1) is 20.7. The number of nitrogens with two attached hydrogens (primary N) is 1. The minimum absolute atomic E-state index is 0.166. The van der Waals surface area contributed by atoms with Gasteiger partial charge in [0.25, 0.3) is 0 Å². The Morgan fingerprint density at radius 3 is 2.53 bits per heavy atom. The van der Waals surface area contributed by atoms with Crippen molar-refractivity contribution >= 4 is 22.9 Å². The molecule has 0 saturated heterocycles. The highest BCUT2D eigenvalue weighted by atomic mass is 19.4. The van der Waals surface area contributed by atoms with E-state index in [4.69, 9.17) is 10.7 Å². The summed E-state index contributed by atoms with van der Waals surface area (Å²) in [6, 6.07) is 21.0. The largest absolute Gasteiger partial charge is 0.416 e. The van der Waals surface area contributed by atoms with Gasteiger partial charge in [0.1, 0.15) is 12.1 Å². The Balaban J connectivity index is 1.43. The number of benzene rings is 3. The molecule has 3 aromatic carbocycles. The second-order valence-electron chi connectivity index (χ2n) is 9.86. The van der Waals surface area contributed by atoms with E-state index in [0.717, 1.165) is 23.2 Å². The van der Waals surface area contributed by atoms with Gasteiger partial charge in [-0.1, -0.05) is 42.5 Å². The fourth-order valence-corrected chi connectivity index (χ4v) is 4.82. The summed E-state index contributed by atoms with van der Waals surface area (Å²) >= 11 is 0. The van der Waals surface area contributed by atoms with Gasteiger partial charge in [-0.25, -0.2) is 19.9 Å². The summed E-state index contributed by atoms with van der Waals surface area (Å²) in [6.07, 6.45) is -1.25. The van der Waals surface area contributed by atoms with Gasteiger partial charge in [0.15, 0.2) is 0 Å². The number of aromatic nitrogens is 6. The number of imidazole rings is 1. The first-order valence-corrected chi connectivity index (χ1v) is 13.3. The number of halogens is 3. The lowest BCUT2D eigenvalue weighted by Gasteiger charge is -2.18. The molecule has 6 aromatic rings. The van der Waals surface area contributed by atoms with Crippen LogP contribution in [0.1, 0.15) is 29.7 Å². The van der Waals surface area contributed by atoms with Crippen molar-refractivity contribution in [3.8, 4) is 28.3 Å². The van der Waals surface area contributed by atoms with Crippen LogP contribution in [0.5, 0.6) is 0 Å². The Morgan fingerprint density at radius 1 is 0.907 bits per heavy atom. The highest BCUT2D eigenvalue weighted by Gasteiger charge is 2.30. The number of aliphatic hydroxyl groups excluding tert-OH is 1. The molecule has 9 nitrogen and oxygen atoms in total. The molecule has 0 aliphatic rings. The Kier molecular flexibility index (Phi) is 7.20. The highest BCUT2D eigenvalue weighted by molar-refractivity contribution is 5.83. The summed E-state index contributed by atoms with van der Waals surface area (Å²) in [4.78, 5) is 22.2. The molecular weight excluding hydrogens is 557 g/mol. The minimum Gasteiger partial charge on any atom is -0.392 e. The van der Waals surface area contributed by atoms with Gasteiger partial charge in [-0.05, 0) is 48.4 Å². The van der Waals surface area contributed by atoms with Crippen LogP contribution < -0.4 is 11.1 Å². The third-order valence-electron chi connectivity index (χ3n) is 7.00. The summed E-state index contributed by atoms with van der Waals surface area (Å²) in [7, 11) is 0. The van der Waals surface area contributed by atoms with Crippen LogP contribution in [-0.4, -0.2) is 34.6 Å². The van der Waals surface area contributed by atoms with Gasteiger partial charge in [0.05, 0.1) is 40.6 Å². The van der Waals surface area contributed by atoms with Crippen LogP contribution in [-0.2, 0) is 12.8 Å². The molecule has 0 radical (unpaired) electrons. The summed E-state index contributed by atoms with van der Waals surface area (Å²) in [6.45, 7) is 1.53. The molecule has 0 bridgehead atoms. The molecule has 6 rings (SSSR count). The maximum atomic E-state index is 13.4. The molecule has 0 amide bonds. The minimum atomic E-state index is -4.46. The van der Waals surface area contributed by atoms with Crippen LogP contribution >= 0.6 is 0 Å². The van der Waals surface area contributed by atoms with Gasteiger partial charge in [0.2, 0.25) is 11.9 Å². The lowest BCUT2D eigenvalue weighted by atomic mass is 10.0. The maximum Gasteiger partial charge on any atom is 0.416 e. The number of fused-ring (bicyclic) bond motifs is 1. The van der Waals surface area contributed by atoms with Gasteiger partial charge in [0, 0.05) is 23.4 Å². The van der Waals surface area contributed by atoms with Crippen molar-refractivity contribution in [1.29, 1.82) is 0 Å². The van der Waals surface area contributed by atoms with Gasteiger partial charge in [-0.2, -0.15) is 18.2 Å². The van der Waals surface area contributed by atoms with E-state index in [0.29, 0.717) is 39.4 Å². The van der Waals surface area contributed by atoms with Crippen LogP contribution in [0, 0.1) is 0 Å². The second-order valence-corrected chi connectivity index (χ2v) is 9.86. The predicted octanol–water partition coefficient (Wildman–Crippen LogP) is 6.21. The molecule has 1 atom stereocenters. The van der Waals surface area contributed by atoms with E-state index in [9.17, 15) is 18.3 Å². The van der Waals surface area contributed by atoms with E-state index >= 15 is 0 Å². The maximum absolute atomic E-state index is 13.4.